The molecule has 0 saturated carbocycles. The molecule has 0 fully saturated rings. The third-order valence-electron chi connectivity index (χ3n) is 1.60. The first-order chi connectivity index (χ1) is 5.00. The summed E-state index contributed by atoms with van der Waals surface area (Å²) in [6, 6.07) is 0. The van der Waals surface area contributed by atoms with Crippen molar-refractivity contribution in [3.05, 3.63) is 36.5 Å². The van der Waals surface area contributed by atoms with Crippen molar-refractivity contribution in [2.24, 2.45) is 0 Å². The second-order valence-corrected chi connectivity index (χ2v) is 2.53. The molecule has 0 nitrogen and oxygen atoms in total. The predicted molar refractivity (Wildman–Crippen MR) is 45.9 cm³/mol. The zero-order chi connectivity index (χ0) is 7.07. The van der Waals surface area contributed by atoms with E-state index < -0.39 is 0 Å². The smallest absolute Gasteiger partial charge is 0.0347 e. The Bertz CT molecular complexity index is 131. The summed E-state index contributed by atoms with van der Waals surface area (Å²) in [5.74, 6) is 0. The first-order valence-electron chi connectivity index (χ1n) is 3.98. The second-order valence-electron chi connectivity index (χ2n) is 2.53. The van der Waals surface area contributed by atoms with Crippen molar-refractivity contribution in [3.63, 3.8) is 0 Å². The third kappa shape index (κ3) is 3.29. The van der Waals surface area contributed by atoms with Gasteiger partial charge in [-0.1, -0.05) is 36.5 Å². The summed E-state index contributed by atoms with van der Waals surface area (Å²) in [5, 5.41) is 0. The van der Waals surface area contributed by atoms with Gasteiger partial charge in [0.05, 0.1) is 0 Å². The van der Waals surface area contributed by atoms with Gasteiger partial charge in [-0.2, -0.15) is 0 Å². The van der Waals surface area contributed by atoms with Crippen molar-refractivity contribution in [2.45, 2.75) is 25.7 Å². The Morgan fingerprint density at radius 2 is 1.10 bits per heavy atom. The molecule has 0 aliphatic heterocycles. The molecule has 1 aliphatic rings. The van der Waals surface area contributed by atoms with E-state index in [0.717, 1.165) is 0 Å². The van der Waals surface area contributed by atoms with Crippen LogP contribution in [0.2, 0.25) is 0 Å². The van der Waals surface area contributed by atoms with Crippen LogP contribution in [0.1, 0.15) is 25.7 Å². The summed E-state index contributed by atoms with van der Waals surface area (Å²) in [6.45, 7) is 0. The molecule has 0 spiro atoms. The predicted octanol–water partition coefficient (Wildman–Crippen LogP) is 3.23. The molecule has 10 heavy (non-hydrogen) atoms. The molecule has 0 radical (unpaired) electrons. The lowest BCUT2D eigenvalue weighted by Crippen LogP contribution is -1.72. The van der Waals surface area contributed by atoms with Crippen molar-refractivity contribution >= 4 is 0 Å². The van der Waals surface area contributed by atoms with E-state index in [-0.39, 0.29) is 0 Å². The van der Waals surface area contributed by atoms with Crippen molar-refractivity contribution in [1.82, 2.24) is 0 Å². The average Bonchev–Trinajstić information content (AvgIpc) is 2.01. The lowest BCUT2D eigenvalue weighted by atomic mass is 10.1. The number of rotatable bonds is 0. The summed E-state index contributed by atoms with van der Waals surface area (Å²) in [4.78, 5) is 0. The SMILES string of the molecule is C1=CC=CCCCCC=C1. The highest BCUT2D eigenvalue weighted by Crippen LogP contribution is 2.03. The Morgan fingerprint density at radius 1 is 0.600 bits per heavy atom. The van der Waals surface area contributed by atoms with Gasteiger partial charge < -0.3 is 0 Å². The Hall–Kier alpha value is -0.780. The lowest BCUT2D eigenvalue weighted by Gasteiger charge is -1.92. The van der Waals surface area contributed by atoms with Crippen LogP contribution in [-0.2, 0) is 0 Å². The molecule has 0 aromatic heterocycles. The first kappa shape index (κ1) is 7.33. The van der Waals surface area contributed by atoms with Gasteiger partial charge in [-0.25, -0.2) is 0 Å². The van der Waals surface area contributed by atoms with Crippen LogP contribution in [0, 0.1) is 0 Å². The highest BCUT2D eigenvalue weighted by Gasteiger charge is 1.83. The molecule has 0 aromatic carbocycles. The molecule has 1 rings (SSSR count). The monoisotopic (exact) mass is 134 g/mol. The van der Waals surface area contributed by atoms with Crippen molar-refractivity contribution in [3.8, 4) is 0 Å². The van der Waals surface area contributed by atoms with Crippen molar-refractivity contribution < 1.29 is 0 Å². The topological polar surface area (TPSA) is 0 Å². The third-order valence-corrected chi connectivity index (χ3v) is 1.60. The molecular formula is C10H14. The Morgan fingerprint density at radius 3 is 1.60 bits per heavy atom. The number of hydrogen-bond donors (Lipinski definition) is 0. The van der Waals surface area contributed by atoms with Gasteiger partial charge in [0.15, 0.2) is 0 Å². The summed E-state index contributed by atoms with van der Waals surface area (Å²) in [7, 11) is 0. The van der Waals surface area contributed by atoms with E-state index in [1.54, 1.807) is 0 Å². The molecule has 0 unspecified atom stereocenters. The van der Waals surface area contributed by atoms with Crippen LogP contribution >= 0.6 is 0 Å². The van der Waals surface area contributed by atoms with E-state index in [1.807, 2.05) is 0 Å². The van der Waals surface area contributed by atoms with E-state index in [9.17, 15) is 0 Å². The van der Waals surface area contributed by atoms with Crippen LogP contribution in [0.4, 0.5) is 0 Å². The highest BCUT2D eigenvalue weighted by molar-refractivity contribution is 5.11. The Kier molecular flexibility index (Phi) is 3.69. The molecule has 0 heterocycles. The molecule has 0 amide bonds. The van der Waals surface area contributed by atoms with Gasteiger partial charge in [-0.05, 0) is 25.7 Å². The lowest BCUT2D eigenvalue weighted by molar-refractivity contribution is 0.762. The van der Waals surface area contributed by atoms with Gasteiger partial charge >= 0.3 is 0 Å². The van der Waals surface area contributed by atoms with Crippen molar-refractivity contribution in [2.75, 3.05) is 0 Å². The van der Waals surface area contributed by atoms with Gasteiger partial charge in [0.1, 0.15) is 0 Å². The fourth-order valence-electron chi connectivity index (χ4n) is 1.00. The minimum Gasteiger partial charge on any atom is -0.0845 e. The van der Waals surface area contributed by atoms with E-state index in [2.05, 4.69) is 36.5 Å². The summed E-state index contributed by atoms with van der Waals surface area (Å²) < 4.78 is 0. The molecule has 0 saturated heterocycles. The zero-order valence-electron chi connectivity index (χ0n) is 6.29. The van der Waals surface area contributed by atoms with Crippen LogP contribution < -0.4 is 0 Å². The maximum Gasteiger partial charge on any atom is -0.0347 e. The number of allylic oxidation sites excluding steroid dienone is 6. The maximum atomic E-state index is 2.23. The Labute approximate surface area is 62.9 Å². The Balaban J connectivity index is 2.40. The van der Waals surface area contributed by atoms with Crippen LogP contribution in [-0.4, -0.2) is 0 Å². The van der Waals surface area contributed by atoms with Gasteiger partial charge in [-0.15, -0.1) is 0 Å². The van der Waals surface area contributed by atoms with Gasteiger partial charge in [0, 0.05) is 0 Å². The zero-order valence-corrected chi connectivity index (χ0v) is 6.29. The molecule has 0 bridgehead atoms. The quantitative estimate of drug-likeness (QED) is 0.477. The molecular weight excluding hydrogens is 120 g/mol. The normalized spacial score (nSPS) is 19.2. The largest absolute Gasteiger partial charge is 0.0845 e. The van der Waals surface area contributed by atoms with Crippen LogP contribution in [0.3, 0.4) is 0 Å². The van der Waals surface area contributed by atoms with Crippen LogP contribution in [0.5, 0.6) is 0 Å². The fraction of sp³-hybridized carbons (Fsp3) is 0.400. The van der Waals surface area contributed by atoms with Gasteiger partial charge in [0.2, 0.25) is 0 Å². The minimum absolute atomic E-state index is 1.23. The molecule has 0 heteroatoms. The number of hydrogen-bond acceptors (Lipinski definition) is 0. The molecule has 0 N–H and O–H groups in total. The van der Waals surface area contributed by atoms with Crippen molar-refractivity contribution in [1.29, 1.82) is 0 Å². The fourth-order valence-corrected chi connectivity index (χ4v) is 1.00. The average molecular weight is 134 g/mol. The minimum atomic E-state index is 1.23. The second kappa shape index (κ2) is 5.04. The molecule has 1 aliphatic carbocycles. The summed E-state index contributed by atoms with van der Waals surface area (Å²) in [5.41, 5.74) is 0. The van der Waals surface area contributed by atoms with E-state index >= 15 is 0 Å². The summed E-state index contributed by atoms with van der Waals surface area (Å²) in [6.07, 6.45) is 18.0. The molecule has 0 atom stereocenters. The van der Waals surface area contributed by atoms with Gasteiger partial charge in [0.25, 0.3) is 0 Å². The first-order valence-corrected chi connectivity index (χ1v) is 3.98. The van der Waals surface area contributed by atoms with E-state index in [1.165, 1.54) is 25.7 Å². The molecule has 0 aromatic rings. The van der Waals surface area contributed by atoms with Crippen LogP contribution in [0.25, 0.3) is 0 Å². The standard InChI is InChI=1S/C10H14/c1-2-4-6-8-10-9-7-5-3-1/h1-6H,7-10H2. The molecule has 54 valence electrons. The van der Waals surface area contributed by atoms with Gasteiger partial charge in [-0.3, -0.25) is 0 Å². The summed E-state index contributed by atoms with van der Waals surface area (Å²) >= 11 is 0. The highest BCUT2D eigenvalue weighted by atomic mass is 13.9. The van der Waals surface area contributed by atoms with E-state index in [0.29, 0.717) is 0 Å². The van der Waals surface area contributed by atoms with Crippen LogP contribution in [0.15, 0.2) is 36.5 Å². The maximum absolute atomic E-state index is 2.23. The van der Waals surface area contributed by atoms with E-state index in [4.69, 9.17) is 0 Å².